The van der Waals surface area contributed by atoms with Crippen LogP contribution in [0.1, 0.15) is 56.3 Å². The van der Waals surface area contributed by atoms with Gasteiger partial charge in [-0.15, -0.1) is 0 Å². The van der Waals surface area contributed by atoms with Gasteiger partial charge in [0.2, 0.25) is 5.91 Å². The maximum atomic E-state index is 14.4. The van der Waals surface area contributed by atoms with Gasteiger partial charge in [-0.05, 0) is 58.7 Å². The molecule has 0 spiro atoms. The summed E-state index contributed by atoms with van der Waals surface area (Å²) < 4.78 is 0. The minimum Gasteiger partial charge on any atom is -0.332 e. The first-order valence-corrected chi connectivity index (χ1v) is 15.5. The van der Waals surface area contributed by atoms with Crippen LogP contribution < -0.4 is 5.32 Å². The summed E-state index contributed by atoms with van der Waals surface area (Å²) >= 11 is 19.3. The van der Waals surface area contributed by atoms with Crippen LogP contribution >= 0.6 is 34.8 Å². The van der Waals surface area contributed by atoms with Crippen LogP contribution in [0.5, 0.6) is 0 Å². The summed E-state index contributed by atoms with van der Waals surface area (Å²) in [6.45, 7) is 0. The minimum atomic E-state index is -0.653. The average Bonchev–Trinajstić information content (AvgIpc) is 3.04. The zero-order chi connectivity index (χ0) is 30.6. The Morgan fingerprint density at radius 1 is 0.523 bits per heavy atom. The molecular formula is C38H28Cl3NO2. The van der Waals surface area contributed by atoms with E-state index >= 15 is 0 Å². The number of hydrogen-bond donors (Lipinski definition) is 1. The number of nitrogens with one attached hydrogen (secondary N) is 1. The van der Waals surface area contributed by atoms with Crippen molar-refractivity contribution in [3.05, 3.63) is 188 Å². The molecule has 0 aliphatic carbocycles. The predicted molar refractivity (Wildman–Crippen MR) is 179 cm³/mol. The van der Waals surface area contributed by atoms with E-state index in [1.165, 1.54) is 0 Å². The highest BCUT2D eigenvalue weighted by atomic mass is 35.5. The number of rotatable bonds is 6. The average molecular weight is 637 g/mol. The van der Waals surface area contributed by atoms with Crippen molar-refractivity contribution in [1.29, 1.82) is 0 Å². The number of benzene rings is 5. The molecule has 1 aliphatic heterocycles. The molecule has 6 heteroatoms. The molecule has 5 aromatic rings. The molecule has 4 unspecified atom stereocenters. The lowest BCUT2D eigenvalue weighted by Crippen LogP contribution is -2.38. The van der Waals surface area contributed by atoms with Gasteiger partial charge < -0.3 is 5.32 Å². The highest BCUT2D eigenvalue weighted by molar-refractivity contribution is 6.31. The molecule has 1 heterocycles. The monoisotopic (exact) mass is 635 g/mol. The van der Waals surface area contributed by atoms with E-state index in [0.717, 1.165) is 22.3 Å². The smallest absolute Gasteiger partial charge is 0.232 e. The van der Waals surface area contributed by atoms with Gasteiger partial charge >= 0.3 is 0 Å². The Bertz CT molecular complexity index is 1800. The Morgan fingerprint density at radius 3 is 1.66 bits per heavy atom. The number of carbonyl (C=O) groups is 2. The van der Waals surface area contributed by atoms with Gasteiger partial charge in [-0.25, -0.2) is 0 Å². The van der Waals surface area contributed by atoms with Gasteiger partial charge in [-0.3, -0.25) is 9.59 Å². The van der Waals surface area contributed by atoms with Crippen molar-refractivity contribution in [3.8, 4) is 0 Å². The third kappa shape index (κ3) is 6.23. The molecule has 0 bridgehead atoms. The molecular weight excluding hydrogens is 609 g/mol. The molecule has 0 radical (unpaired) electrons. The molecule has 0 aromatic heterocycles. The van der Waals surface area contributed by atoms with E-state index in [1.807, 2.05) is 103 Å². The topological polar surface area (TPSA) is 46.2 Å². The van der Waals surface area contributed by atoms with Gasteiger partial charge in [-0.1, -0.05) is 132 Å². The number of ketones is 1. The Labute approximate surface area is 272 Å². The molecule has 1 N–H and O–H groups in total. The van der Waals surface area contributed by atoms with Crippen molar-refractivity contribution in [3.63, 3.8) is 0 Å². The highest BCUT2D eigenvalue weighted by Crippen LogP contribution is 2.54. The van der Waals surface area contributed by atoms with Crippen LogP contribution in [-0.4, -0.2) is 11.7 Å². The molecule has 1 amide bonds. The van der Waals surface area contributed by atoms with Gasteiger partial charge in [0.05, 0.1) is 5.92 Å². The standard InChI is InChI=1S/C38H28Cl3NO2/c39-29-18-14-25(15-19-29)33-32(37(43)27-10-5-2-6-11-27)23-42-38(44)36(28-12-7-13-31(41)22-28)35(26-16-20-30(40)21-17-26)34(33)24-8-3-1-4-9-24/h1-23,33-36H,(H,42,44). The number of amides is 1. The first-order valence-electron chi connectivity index (χ1n) is 14.3. The summed E-state index contributed by atoms with van der Waals surface area (Å²) in [5.74, 6) is -2.32. The lowest BCUT2D eigenvalue weighted by atomic mass is 9.62. The van der Waals surface area contributed by atoms with Crippen LogP contribution in [0.15, 0.2) is 145 Å². The van der Waals surface area contributed by atoms with Crippen LogP contribution in [0, 0.1) is 0 Å². The first-order chi connectivity index (χ1) is 21.4. The Hall–Kier alpha value is -4.15. The Balaban J connectivity index is 1.69. The van der Waals surface area contributed by atoms with Crippen molar-refractivity contribution >= 4 is 46.5 Å². The summed E-state index contributed by atoms with van der Waals surface area (Å²) in [5.41, 5.74) is 4.59. The number of allylic oxidation sites excluding steroid dienone is 1. The number of hydrogen-bond acceptors (Lipinski definition) is 2. The van der Waals surface area contributed by atoms with E-state index < -0.39 is 17.8 Å². The van der Waals surface area contributed by atoms with Gasteiger partial charge in [0, 0.05) is 50.2 Å². The second-order valence-electron chi connectivity index (χ2n) is 10.9. The van der Waals surface area contributed by atoms with Crippen molar-refractivity contribution in [1.82, 2.24) is 5.32 Å². The molecule has 1 aliphatic rings. The second kappa shape index (κ2) is 13.2. The molecule has 0 saturated heterocycles. The number of halogens is 3. The van der Waals surface area contributed by atoms with Crippen molar-refractivity contribution in [2.75, 3.05) is 0 Å². The third-order valence-electron chi connectivity index (χ3n) is 8.27. The molecule has 4 atom stereocenters. The van der Waals surface area contributed by atoms with E-state index in [1.54, 1.807) is 24.4 Å². The van der Waals surface area contributed by atoms with Crippen LogP contribution in [0.2, 0.25) is 15.1 Å². The molecule has 3 nitrogen and oxygen atoms in total. The maximum absolute atomic E-state index is 14.4. The summed E-state index contributed by atoms with van der Waals surface area (Å²) in [4.78, 5) is 28.7. The molecule has 0 fully saturated rings. The largest absolute Gasteiger partial charge is 0.332 e. The lowest BCUT2D eigenvalue weighted by Gasteiger charge is -2.41. The minimum absolute atomic E-state index is 0.164. The summed E-state index contributed by atoms with van der Waals surface area (Å²) in [6.07, 6.45) is 1.60. The molecule has 0 saturated carbocycles. The fourth-order valence-electron chi connectivity index (χ4n) is 6.34. The first kappa shape index (κ1) is 29.9. The van der Waals surface area contributed by atoms with Gasteiger partial charge in [0.25, 0.3) is 0 Å². The van der Waals surface area contributed by atoms with Crippen LogP contribution in [0.4, 0.5) is 0 Å². The van der Waals surface area contributed by atoms with Crippen molar-refractivity contribution in [2.24, 2.45) is 0 Å². The SMILES string of the molecule is O=C(C1=CNC(=O)C(c2cccc(Cl)c2)C(c2ccc(Cl)cc2)C(c2ccccc2)C1c1ccc(Cl)cc1)c1ccccc1. The van der Waals surface area contributed by atoms with Gasteiger partial charge in [0.15, 0.2) is 5.78 Å². The fraction of sp³-hybridized carbons (Fsp3) is 0.105. The van der Waals surface area contributed by atoms with Crippen LogP contribution in [0.3, 0.4) is 0 Å². The van der Waals surface area contributed by atoms with E-state index in [0.29, 0.717) is 26.2 Å². The highest BCUT2D eigenvalue weighted by Gasteiger charge is 2.45. The quantitative estimate of drug-likeness (QED) is 0.189. The van der Waals surface area contributed by atoms with Crippen LogP contribution in [-0.2, 0) is 4.79 Å². The lowest BCUT2D eigenvalue weighted by molar-refractivity contribution is -0.122. The Kier molecular flexibility index (Phi) is 8.99. The number of Topliss-reactive ketones (excluding diaryl/α,β-unsaturated/α-hetero) is 1. The summed E-state index contributed by atoms with van der Waals surface area (Å²) in [7, 11) is 0. The predicted octanol–water partition coefficient (Wildman–Crippen LogP) is 9.98. The normalized spacial score (nSPS) is 20.2. The number of carbonyl (C=O) groups excluding carboxylic acids is 2. The zero-order valence-corrected chi connectivity index (χ0v) is 25.8. The Morgan fingerprint density at radius 2 is 1.05 bits per heavy atom. The van der Waals surface area contributed by atoms with Crippen LogP contribution in [0.25, 0.3) is 0 Å². The van der Waals surface area contributed by atoms with E-state index in [4.69, 9.17) is 34.8 Å². The maximum Gasteiger partial charge on any atom is 0.232 e. The second-order valence-corrected chi connectivity index (χ2v) is 12.2. The molecule has 6 rings (SSSR count). The molecule has 44 heavy (non-hydrogen) atoms. The fourth-order valence-corrected chi connectivity index (χ4v) is 6.79. The molecule has 5 aromatic carbocycles. The third-order valence-corrected chi connectivity index (χ3v) is 9.01. The zero-order valence-electron chi connectivity index (χ0n) is 23.5. The van der Waals surface area contributed by atoms with E-state index in [9.17, 15) is 9.59 Å². The summed E-state index contributed by atoms with van der Waals surface area (Å²) in [6, 6.07) is 41.9. The summed E-state index contributed by atoms with van der Waals surface area (Å²) in [5, 5.41) is 4.75. The van der Waals surface area contributed by atoms with Gasteiger partial charge in [-0.2, -0.15) is 0 Å². The molecule has 218 valence electrons. The van der Waals surface area contributed by atoms with E-state index in [-0.39, 0.29) is 17.6 Å². The van der Waals surface area contributed by atoms with Gasteiger partial charge in [0.1, 0.15) is 0 Å². The van der Waals surface area contributed by atoms with Crippen molar-refractivity contribution < 1.29 is 9.59 Å². The van der Waals surface area contributed by atoms with Crippen molar-refractivity contribution in [2.45, 2.75) is 23.7 Å². The van der Waals surface area contributed by atoms with E-state index in [2.05, 4.69) is 17.4 Å².